The molecule has 0 unspecified atom stereocenters. The lowest BCUT2D eigenvalue weighted by Crippen LogP contribution is -2.57. The molecule has 4 nitrogen and oxygen atoms in total. The molecular formula is C20H29ClN2O2. The van der Waals surface area contributed by atoms with Crippen molar-refractivity contribution in [3.05, 3.63) is 28.8 Å². The molecule has 1 amide bonds. The van der Waals surface area contributed by atoms with E-state index < -0.39 is 0 Å². The molecule has 5 heteroatoms. The molecule has 3 rings (SSSR count). The van der Waals surface area contributed by atoms with Gasteiger partial charge in [0, 0.05) is 30.1 Å². The van der Waals surface area contributed by atoms with Gasteiger partial charge in [-0.15, -0.1) is 0 Å². The largest absolute Gasteiger partial charge is 0.483 e. The molecule has 1 aliphatic heterocycles. The quantitative estimate of drug-likeness (QED) is 0.802. The van der Waals surface area contributed by atoms with Crippen LogP contribution in [0.3, 0.4) is 0 Å². The van der Waals surface area contributed by atoms with Gasteiger partial charge in [0.15, 0.2) is 6.61 Å². The molecule has 1 aliphatic carbocycles. The highest BCUT2D eigenvalue weighted by molar-refractivity contribution is 6.30. The average molecular weight is 365 g/mol. The summed E-state index contributed by atoms with van der Waals surface area (Å²) in [5, 5.41) is 0.681. The van der Waals surface area contributed by atoms with Gasteiger partial charge in [-0.05, 0) is 62.5 Å². The molecule has 25 heavy (non-hydrogen) atoms. The Morgan fingerprint density at radius 2 is 2.12 bits per heavy atom. The number of amides is 1. The van der Waals surface area contributed by atoms with Crippen LogP contribution in [0, 0.1) is 23.7 Å². The van der Waals surface area contributed by atoms with Crippen LogP contribution in [-0.2, 0) is 4.79 Å². The molecule has 138 valence electrons. The first-order valence-electron chi connectivity index (χ1n) is 8.94. The first-order chi connectivity index (χ1) is 11.6. The number of halogens is 1. The van der Waals surface area contributed by atoms with Crippen LogP contribution in [0.25, 0.3) is 0 Å². The zero-order valence-corrected chi connectivity index (χ0v) is 16.7. The fourth-order valence-electron chi connectivity index (χ4n) is 5.16. The van der Waals surface area contributed by atoms with Crippen molar-refractivity contribution in [1.82, 2.24) is 9.80 Å². The number of aryl methyl sites for hydroxylation is 1. The number of carbonyl (C=O) groups excluding carboxylic acids is 1. The molecule has 2 atom stereocenters. The van der Waals surface area contributed by atoms with Crippen molar-refractivity contribution >= 4 is 17.5 Å². The van der Waals surface area contributed by atoms with Crippen molar-refractivity contribution in [2.45, 2.75) is 27.2 Å². The number of hydrogen-bond donors (Lipinski definition) is 0. The van der Waals surface area contributed by atoms with Gasteiger partial charge in [-0.3, -0.25) is 4.79 Å². The SMILES string of the molecule is Cc1cc(Cl)ccc1OCC(=O)N1C[C@@H]2C(C)(C)C[C@]2(CN(C)C)C1. The maximum Gasteiger partial charge on any atom is 0.260 e. The van der Waals surface area contributed by atoms with Crippen LogP contribution in [0.5, 0.6) is 5.75 Å². The van der Waals surface area contributed by atoms with Crippen molar-refractivity contribution < 1.29 is 9.53 Å². The minimum absolute atomic E-state index is 0.0812. The van der Waals surface area contributed by atoms with E-state index in [2.05, 4.69) is 32.8 Å². The van der Waals surface area contributed by atoms with Crippen LogP contribution in [0.2, 0.25) is 5.02 Å². The molecule has 0 spiro atoms. The van der Waals surface area contributed by atoms with E-state index in [1.54, 1.807) is 6.07 Å². The number of fused-ring (bicyclic) bond motifs is 1. The summed E-state index contributed by atoms with van der Waals surface area (Å²) in [6, 6.07) is 5.47. The number of benzene rings is 1. The summed E-state index contributed by atoms with van der Waals surface area (Å²) in [6.45, 7) is 9.43. The molecule has 1 aromatic rings. The lowest BCUT2D eigenvalue weighted by molar-refractivity contribution is -0.132. The molecule has 2 aliphatic rings. The fraction of sp³-hybridized carbons (Fsp3) is 0.650. The molecule has 1 saturated heterocycles. The van der Waals surface area contributed by atoms with Crippen molar-refractivity contribution in [2.75, 3.05) is 40.3 Å². The normalized spacial score (nSPS) is 27.2. The second kappa shape index (κ2) is 6.48. The van der Waals surface area contributed by atoms with Gasteiger partial charge in [-0.2, -0.15) is 0 Å². The van der Waals surface area contributed by atoms with Gasteiger partial charge in [-0.1, -0.05) is 25.4 Å². The summed E-state index contributed by atoms with van der Waals surface area (Å²) < 4.78 is 5.76. The van der Waals surface area contributed by atoms with E-state index >= 15 is 0 Å². The minimum atomic E-state index is 0.0812. The predicted molar refractivity (Wildman–Crippen MR) is 101 cm³/mol. The monoisotopic (exact) mass is 364 g/mol. The molecule has 0 radical (unpaired) electrons. The fourth-order valence-corrected chi connectivity index (χ4v) is 5.39. The number of likely N-dealkylation sites (tertiary alicyclic amines) is 1. The van der Waals surface area contributed by atoms with Crippen LogP contribution >= 0.6 is 11.6 Å². The third-order valence-electron chi connectivity index (χ3n) is 5.87. The predicted octanol–water partition coefficient (Wildman–Crippen LogP) is 3.46. The standard InChI is InChI=1S/C20H29ClN2O2/c1-14-8-15(21)6-7-16(14)25-10-18(24)23-9-17-19(2,3)11-20(17,13-23)12-22(4)5/h6-8,17H,9-13H2,1-5H3/t17-,20+/m1/s1. The number of nitrogens with zero attached hydrogens (tertiary/aromatic N) is 2. The first-order valence-corrected chi connectivity index (χ1v) is 9.32. The molecule has 1 heterocycles. The molecule has 0 N–H and O–H groups in total. The molecule has 0 aromatic heterocycles. The maximum atomic E-state index is 12.7. The van der Waals surface area contributed by atoms with Gasteiger partial charge < -0.3 is 14.5 Å². The Labute approximate surface area is 156 Å². The minimum Gasteiger partial charge on any atom is -0.483 e. The van der Waals surface area contributed by atoms with E-state index in [0.717, 1.165) is 30.9 Å². The van der Waals surface area contributed by atoms with Gasteiger partial charge in [0.1, 0.15) is 5.75 Å². The Morgan fingerprint density at radius 1 is 1.40 bits per heavy atom. The Kier molecular flexibility index (Phi) is 4.80. The third kappa shape index (κ3) is 3.52. The van der Waals surface area contributed by atoms with E-state index in [1.165, 1.54) is 6.42 Å². The smallest absolute Gasteiger partial charge is 0.260 e. The summed E-state index contributed by atoms with van der Waals surface area (Å²) in [5.74, 6) is 1.38. The highest BCUT2D eigenvalue weighted by Crippen LogP contribution is 2.62. The molecule has 2 fully saturated rings. The molecule has 1 saturated carbocycles. The van der Waals surface area contributed by atoms with Crippen LogP contribution in [0.4, 0.5) is 0 Å². The molecule has 0 bridgehead atoms. The lowest BCUT2D eigenvalue weighted by Gasteiger charge is -2.57. The van der Waals surface area contributed by atoms with Gasteiger partial charge in [0.2, 0.25) is 0 Å². The van der Waals surface area contributed by atoms with Crippen LogP contribution < -0.4 is 4.74 Å². The zero-order valence-electron chi connectivity index (χ0n) is 15.9. The summed E-state index contributed by atoms with van der Waals surface area (Å²) in [5.41, 5.74) is 1.52. The van der Waals surface area contributed by atoms with Crippen LogP contribution in [0.1, 0.15) is 25.8 Å². The zero-order chi connectivity index (χ0) is 18.4. The second-order valence-electron chi connectivity index (χ2n) is 8.79. The van der Waals surface area contributed by atoms with Gasteiger partial charge in [0.25, 0.3) is 5.91 Å². The van der Waals surface area contributed by atoms with E-state index in [0.29, 0.717) is 16.4 Å². The summed E-state index contributed by atoms with van der Waals surface area (Å²) in [7, 11) is 4.24. The van der Waals surface area contributed by atoms with E-state index in [4.69, 9.17) is 16.3 Å². The highest BCUT2D eigenvalue weighted by Gasteiger charge is 2.63. The Bertz CT molecular complexity index is 670. The summed E-state index contributed by atoms with van der Waals surface area (Å²) in [4.78, 5) is 17.0. The molecule has 1 aromatic carbocycles. The Morgan fingerprint density at radius 3 is 2.72 bits per heavy atom. The Hall–Kier alpha value is -1.26. The first kappa shape index (κ1) is 18.5. The molecular weight excluding hydrogens is 336 g/mol. The van der Waals surface area contributed by atoms with Crippen LogP contribution in [-0.4, -0.2) is 56.0 Å². The van der Waals surface area contributed by atoms with Gasteiger partial charge in [-0.25, -0.2) is 0 Å². The topological polar surface area (TPSA) is 32.8 Å². The maximum absolute atomic E-state index is 12.7. The van der Waals surface area contributed by atoms with E-state index in [1.807, 2.05) is 24.0 Å². The van der Waals surface area contributed by atoms with Crippen molar-refractivity contribution in [3.63, 3.8) is 0 Å². The van der Waals surface area contributed by atoms with E-state index in [9.17, 15) is 4.79 Å². The van der Waals surface area contributed by atoms with Crippen molar-refractivity contribution in [2.24, 2.45) is 16.7 Å². The Balaban J connectivity index is 1.63. The summed E-state index contributed by atoms with van der Waals surface area (Å²) >= 11 is 5.97. The van der Waals surface area contributed by atoms with Crippen molar-refractivity contribution in [1.29, 1.82) is 0 Å². The lowest BCUT2D eigenvalue weighted by atomic mass is 9.48. The number of rotatable bonds is 5. The van der Waals surface area contributed by atoms with E-state index in [-0.39, 0.29) is 17.9 Å². The highest BCUT2D eigenvalue weighted by atomic mass is 35.5. The van der Waals surface area contributed by atoms with Crippen molar-refractivity contribution in [3.8, 4) is 5.75 Å². The number of carbonyl (C=O) groups is 1. The van der Waals surface area contributed by atoms with Crippen LogP contribution in [0.15, 0.2) is 18.2 Å². The summed E-state index contributed by atoms with van der Waals surface area (Å²) in [6.07, 6.45) is 1.18. The number of hydrogen-bond acceptors (Lipinski definition) is 3. The third-order valence-corrected chi connectivity index (χ3v) is 6.11. The average Bonchev–Trinajstić information content (AvgIpc) is 2.80. The number of ether oxygens (including phenoxy) is 1. The van der Waals surface area contributed by atoms with Gasteiger partial charge >= 0.3 is 0 Å². The second-order valence-corrected chi connectivity index (χ2v) is 9.23. The van der Waals surface area contributed by atoms with Gasteiger partial charge in [0.05, 0.1) is 0 Å².